The summed E-state index contributed by atoms with van der Waals surface area (Å²) in [5, 5.41) is 13.6. The highest BCUT2D eigenvalue weighted by molar-refractivity contribution is 5.87. The van der Waals surface area contributed by atoms with Gasteiger partial charge in [-0.05, 0) is 31.4 Å². The highest BCUT2D eigenvalue weighted by Crippen LogP contribution is 2.33. The van der Waals surface area contributed by atoms with Crippen LogP contribution in [0.5, 0.6) is 11.5 Å². The lowest BCUT2D eigenvalue weighted by atomic mass is 10.0. The fraction of sp³-hybridized carbons (Fsp3) is 0.389. The van der Waals surface area contributed by atoms with Gasteiger partial charge in [-0.25, -0.2) is 4.79 Å². The van der Waals surface area contributed by atoms with Crippen LogP contribution in [0.3, 0.4) is 0 Å². The summed E-state index contributed by atoms with van der Waals surface area (Å²) in [4.78, 5) is 34.6. The van der Waals surface area contributed by atoms with Gasteiger partial charge in [0.1, 0.15) is 5.58 Å². The predicted octanol–water partition coefficient (Wildman–Crippen LogP) is 0.307. The first-order valence-electron chi connectivity index (χ1n) is 8.02. The van der Waals surface area contributed by atoms with Crippen LogP contribution in [-0.2, 0) is 16.0 Å². The minimum absolute atomic E-state index is 0.140. The van der Waals surface area contributed by atoms with Crippen molar-refractivity contribution in [3.05, 3.63) is 33.7 Å². The number of nitrogens with one attached hydrogen (secondary N) is 1. The van der Waals surface area contributed by atoms with Gasteiger partial charge in [0.2, 0.25) is 5.91 Å². The number of aryl methyl sites for hydroxylation is 1. The lowest BCUT2D eigenvalue weighted by molar-refractivity contribution is -0.305. The fourth-order valence-corrected chi connectivity index (χ4v) is 2.60. The van der Waals surface area contributed by atoms with Crippen LogP contribution in [0.15, 0.2) is 21.3 Å². The van der Waals surface area contributed by atoms with Crippen molar-refractivity contribution in [2.45, 2.75) is 26.2 Å². The van der Waals surface area contributed by atoms with Crippen LogP contribution in [0.2, 0.25) is 0 Å². The van der Waals surface area contributed by atoms with E-state index < -0.39 is 17.5 Å². The molecule has 0 radical (unpaired) electrons. The highest BCUT2D eigenvalue weighted by Gasteiger charge is 2.17. The number of ether oxygens (including phenoxy) is 2. The van der Waals surface area contributed by atoms with E-state index in [0.29, 0.717) is 28.0 Å². The van der Waals surface area contributed by atoms with Crippen LogP contribution in [-0.4, -0.2) is 32.6 Å². The molecule has 2 rings (SSSR count). The number of carbonyl (C=O) groups is 2. The van der Waals surface area contributed by atoms with Crippen molar-refractivity contribution in [2.75, 3.05) is 20.8 Å². The van der Waals surface area contributed by atoms with Gasteiger partial charge in [0, 0.05) is 24.0 Å². The van der Waals surface area contributed by atoms with Crippen molar-refractivity contribution in [3.63, 3.8) is 0 Å². The summed E-state index contributed by atoms with van der Waals surface area (Å²) in [5.41, 5.74) is 0.583. The lowest BCUT2D eigenvalue weighted by Gasteiger charge is -2.12. The first kappa shape index (κ1) is 19.3. The Morgan fingerprint density at radius 2 is 1.85 bits per heavy atom. The molecule has 1 aromatic carbocycles. The number of methoxy groups -OCH3 is 2. The molecule has 0 aliphatic carbocycles. The van der Waals surface area contributed by atoms with Gasteiger partial charge in [-0.15, -0.1) is 0 Å². The Labute approximate surface area is 149 Å². The van der Waals surface area contributed by atoms with Crippen LogP contribution in [0.25, 0.3) is 11.0 Å². The predicted molar refractivity (Wildman–Crippen MR) is 91.3 cm³/mol. The van der Waals surface area contributed by atoms with Gasteiger partial charge in [-0.2, -0.15) is 0 Å². The van der Waals surface area contributed by atoms with E-state index in [2.05, 4.69) is 5.32 Å². The first-order chi connectivity index (χ1) is 12.4. The molecule has 0 atom stereocenters. The van der Waals surface area contributed by atoms with Crippen LogP contribution in [0.1, 0.15) is 24.0 Å². The summed E-state index contributed by atoms with van der Waals surface area (Å²) < 4.78 is 15.8. The molecule has 8 heteroatoms. The fourth-order valence-electron chi connectivity index (χ4n) is 2.60. The lowest BCUT2D eigenvalue weighted by Crippen LogP contribution is -2.30. The molecule has 0 unspecified atom stereocenters. The Morgan fingerprint density at radius 3 is 2.46 bits per heavy atom. The smallest absolute Gasteiger partial charge is 0.340 e. The van der Waals surface area contributed by atoms with Crippen molar-refractivity contribution in [1.29, 1.82) is 0 Å². The van der Waals surface area contributed by atoms with Gasteiger partial charge >= 0.3 is 5.63 Å². The number of carboxylic acids is 1. The van der Waals surface area contributed by atoms with Crippen LogP contribution < -0.4 is 25.5 Å². The molecule has 0 spiro atoms. The summed E-state index contributed by atoms with van der Waals surface area (Å²) in [6.07, 6.45) is -0.0425. The van der Waals surface area contributed by atoms with E-state index in [-0.39, 0.29) is 31.4 Å². The number of amides is 1. The maximum atomic E-state index is 12.3. The number of hydrogen-bond acceptors (Lipinski definition) is 7. The van der Waals surface area contributed by atoms with E-state index in [1.54, 1.807) is 19.1 Å². The molecule has 26 heavy (non-hydrogen) atoms. The maximum absolute atomic E-state index is 12.3. The number of rotatable bonds is 8. The van der Waals surface area contributed by atoms with Crippen LogP contribution >= 0.6 is 0 Å². The van der Waals surface area contributed by atoms with Crippen LogP contribution in [0.4, 0.5) is 0 Å². The summed E-state index contributed by atoms with van der Waals surface area (Å²) in [5.74, 6) is -0.649. The van der Waals surface area contributed by atoms with E-state index in [1.165, 1.54) is 14.2 Å². The second-order valence-corrected chi connectivity index (χ2v) is 5.70. The summed E-state index contributed by atoms with van der Waals surface area (Å²) in [6, 6.07) is 3.25. The SMILES string of the molecule is COc1cc2oc(=O)c(CC(=O)NCCCC(=O)[O-])c(C)c2cc1OC. The number of carboxylic acid groups (broad SMARTS) is 1. The molecule has 0 bridgehead atoms. The third kappa shape index (κ3) is 4.33. The highest BCUT2D eigenvalue weighted by atomic mass is 16.5. The Morgan fingerprint density at radius 1 is 1.19 bits per heavy atom. The minimum atomic E-state index is -1.17. The van der Waals surface area contributed by atoms with E-state index >= 15 is 0 Å². The van der Waals surface area contributed by atoms with Gasteiger partial charge < -0.3 is 29.1 Å². The quantitative estimate of drug-likeness (QED) is 0.530. The Kier molecular flexibility index (Phi) is 6.21. The molecule has 0 saturated heterocycles. The largest absolute Gasteiger partial charge is 0.550 e. The normalized spacial score (nSPS) is 10.6. The average molecular weight is 362 g/mol. The standard InChI is InChI=1S/C18H21NO7/c1-10-11-7-14(24-2)15(25-3)9-13(11)26-18(23)12(10)8-16(20)19-6-4-5-17(21)22/h7,9H,4-6,8H2,1-3H3,(H,19,20)(H,21,22)/p-1. The molecule has 1 amide bonds. The molecule has 0 saturated carbocycles. The molecule has 0 aliphatic heterocycles. The van der Waals surface area contributed by atoms with Crippen molar-refractivity contribution < 1.29 is 28.6 Å². The number of fused-ring (bicyclic) bond motifs is 1. The molecule has 2 aromatic rings. The molecule has 8 nitrogen and oxygen atoms in total. The number of benzene rings is 1. The zero-order chi connectivity index (χ0) is 19.3. The number of aliphatic carboxylic acids is 1. The summed E-state index contributed by atoms with van der Waals surface area (Å²) >= 11 is 0. The van der Waals surface area contributed by atoms with Crippen molar-refractivity contribution in [3.8, 4) is 11.5 Å². The third-order valence-electron chi connectivity index (χ3n) is 4.01. The van der Waals surface area contributed by atoms with E-state index in [1.807, 2.05) is 0 Å². The minimum Gasteiger partial charge on any atom is -0.550 e. The summed E-state index contributed by atoms with van der Waals surface area (Å²) in [6.45, 7) is 1.92. The molecule has 140 valence electrons. The van der Waals surface area contributed by atoms with Gasteiger partial charge in [-0.1, -0.05) is 0 Å². The topological polar surface area (TPSA) is 118 Å². The van der Waals surface area contributed by atoms with Gasteiger partial charge in [0.25, 0.3) is 0 Å². The second-order valence-electron chi connectivity index (χ2n) is 5.70. The molecule has 1 N–H and O–H groups in total. The molecule has 1 heterocycles. The number of hydrogen-bond donors (Lipinski definition) is 1. The zero-order valence-electron chi connectivity index (χ0n) is 14.8. The Balaban J connectivity index is 2.26. The molecular formula is C18H20NO7-. The van der Waals surface area contributed by atoms with Crippen molar-refractivity contribution in [2.24, 2.45) is 0 Å². The van der Waals surface area contributed by atoms with Crippen molar-refractivity contribution in [1.82, 2.24) is 5.32 Å². The maximum Gasteiger partial charge on any atom is 0.340 e. The van der Waals surface area contributed by atoms with E-state index in [9.17, 15) is 19.5 Å². The van der Waals surface area contributed by atoms with Gasteiger partial charge in [0.05, 0.1) is 26.2 Å². The molecule has 1 aromatic heterocycles. The zero-order valence-corrected chi connectivity index (χ0v) is 14.8. The molecule has 0 fully saturated rings. The first-order valence-corrected chi connectivity index (χ1v) is 8.02. The Bertz CT molecular complexity index is 885. The van der Waals surface area contributed by atoms with E-state index in [4.69, 9.17) is 13.9 Å². The molecular weight excluding hydrogens is 342 g/mol. The average Bonchev–Trinajstić information content (AvgIpc) is 2.61. The van der Waals surface area contributed by atoms with Gasteiger partial charge in [0.15, 0.2) is 11.5 Å². The number of carbonyl (C=O) groups excluding carboxylic acids is 2. The van der Waals surface area contributed by atoms with E-state index in [0.717, 1.165) is 0 Å². The van der Waals surface area contributed by atoms with Crippen LogP contribution in [0, 0.1) is 6.92 Å². The summed E-state index contributed by atoms with van der Waals surface area (Å²) in [7, 11) is 2.98. The monoisotopic (exact) mass is 362 g/mol. The van der Waals surface area contributed by atoms with Gasteiger partial charge in [-0.3, -0.25) is 4.79 Å². The molecule has 0 aliphatic rings. The Hall–Kier alpha value is -3.03. The second kappa shape index (κ2) is 8.37. The third-order valence-corrected chi connectivity index (χ3v) is 4.01. The van der Waals surface area contributed by atoms with Crippen molar-refractivity contribution >= 4 is 22.8 Å².